The van der Waals surface area contributed by atoms with Crippen LogP contribution in [0.1, 0.15) is 13.8 Å². The zero-order chi connectivity index (χ0) is 9.05. The van der Waals surface area contributed by atoms with Crippen LogP contribution in [0.2, 0.25) is 0 Å². The summed E-state index contributed by atoms with van der Waals surface area (Å²) in [6.07, 6.45) is 0.506. The molecule has 0 bridgehead atoms. The van der Waals surface area contributed by atoms with Crippen molar-refractivity contribution in [3.05, 3.63) is 0 Å². The van der Waals surface area contributed by atoms with Gasteiger partial charge in [0.25, 0.3) is 0 Å². The number of hydrogen-bond donors (Lipinski definition) is 0. The second-order valence-corrected chi connectivity index (χ2v) is 4.31. The molecule has 4 nitrogen and oxygen atoms in total. The molecule has 3 aliphatic rings. The van der Waals surface area contributed by atoms with Gasteiger partial charge in [-0.2, -0.15) is 0 Å². The lowest BCUT2D eigenvalue weighted by Crippen LogP contribution is -2.33. The van der Waals surface area contributed by atoms with Crippen LogP contribution in [0.3, 0.4) is 0 Å². The minimum Gasteiger partial charge on any atom is -0.370 e. The second-order valence-electron chi connectivity index (χ2n) is 4.31. The predicted molar refractivity (Wildman–Crippen MR) is 43.3 cm³/mol. The molecule has 0 N–H and O–H groups in total. The van der Waals surface area contributed by atoms with Gasteiger partial charge in [0.05, 0.1) is 13.2 Å². The SMILES string of the molecule is CC1(C)O[C@H]2[C@@H]([C@@H]3CO3)OC[C@@H]2O1. The highest BCUT2D eigenvalue weighted by Crippen LogP contribution is 2.38. The lowest BCUT2D eigenvalue weighted by molar-refractivity contribution is -0.176. The maximum absolute atomic E-state index is 5.76. The lowest BCUT2D eigenvalue weighted by atomic mass is 10.1. The summed E-state index contributed by atoms with van der Waals surface area (Å²) in [5.41, 5.74) is 0. The summed E-state index contributed by atoms with van der Waals surface area (Å²) < 4.78 is 22.2. The Labute approximate surface area is 77.1 Å². The normalized spacial score (nSPS) is 52.2. The molecule has 3 aliphatic heterocycles. The van der Waals surface area contributed by atoms with E-state index in [0.717, 1.165) is 6.61 Å². The zero-order valence-electron chi connectivity index (χ0n) is 7.86. The van der Waals surface area contributed by atoms with Crippen molar-refractivity contribution in [2.45, 2.75) is 44.1 Å². The van der Waals surface area contributed by atoms with Crippen molar-refractivity contribution in [2.75, 3.05) is 13.2 Å². The number of epoxide rings is 1. The molecule has 13 heavy (non-hydrogen) atoms. The minimum absolute atomic E-state index is 0.0718. The molecule has 0 aromatic carbocycles. The van der Waals surface area contributed by atoms with Crippen LogP contribution < -0.4 is 0 Å². The Morgan fingerprint density at radius 1 is 0.923 bits per heavy atom. The van der Waals surface area contributed by atoms with E-state index in [1.165, 1.54) is 0 Å². The van der Waals surface area contributed by atoms with Crippen LogP contribution in [0.4, 0.5) is 0 Å². The van der Waals surface area contributed by atoms with Gasteiger partial charge in [0, 0.05) is 0 Å². The monoisotopic (exact) mass is 186 g/mol. The third kappa shape index (κ3) is 1.29. The fourth-order valence-corrected chi connectivity index (χ4v) is 2.14. The van der Waals surface area contributed by atoms with E-state index in [1.807, 2.05) is 13.8 Å². The molecular formula is C9H14O4. The first-order chi connectivity index (χ1) is 6.16. The van der Waals surface area contributed by atoms with Crippen molar-refractivity contribution < 1.29 is 18.9 Å². The third-order valence-corrected chi connectivity index (χ3v) is 2.72. The highest BCUT2D eigenvalue weighted by molar-refractivity contribution is 4.98. The van der Waals surface area contributed by atoms with E-state index < -0.39 is 5.79 Å². The highest BCUT2D eigenvalue weighted by Gasteiger charge is 2.55. The fourth-order valence-electron chi connectivity index (χ4n) is 2.14. The number of rotatable bonds is 1. The summed E-state index contributed by atoms with van der Waals surface area (Å²) in [4.78, 5) is 0. The minimum atomic E-state index is -0.452. The Kier molecular flexibility index (Phi) is 1.54. The van der Waals surface area contributed by atoms with Crippen molar-refractivity contribution >= 4 is 0 Å². The van der Waals surface area contributed by atoms with Crippen molar-refractivity contribution in [1.29, 1.82) is 0 Å². The van der Waals surface area contributed by atoms with Crippen LogP contribution >= 0.6 is 0 Å². The largest absolute Gasteiger partial charge is 0.370 e. The molecule has 3 fully saturated rings. The lowest BCUT2D eigenvalue weighted by Gasteiger charge is -2.20. The Morgan fingerprint density at radius 3 is 2.38 bits per heavy atom. The summed E-state index contributed by atoms with van der Waals surface area (Å²) in [6.45, 7) is 5.32. The quantitative estimate of drug-likeness (QED) is 0.552. The number of hydrogen-bond acceptors (Lipinski definition) is 4. The van der Waals surface area contributed by atoms with Gasteiger partial charge in [-0.15, -0.1) is 0 Å². The average molecular weight is 186 g/mol. The molecule has 0 spiro atoms. The molecule has 4 atom stereocenters. The maximum atomic E-state index is 5.76. The van der Waals surface area contributed by atoms with Gasteiger partial charge in [-0.25, -0.2) is 0 Å². The number of fused-ring (bicyclic) bond motifs is 1. The van der Waals surface area contributed by atoms with Crippen LogP contribution in [0.5, 0.6) is 0 Å². The van der Waals surface area contributed by atoms with Crippen molar-refractivity contribution in [3.8, 4) is 0 Å². The van der Waals surface area contributed by atoms with Crippen molar-refractivity contribution in [3.63, 3.8) is 0 Å². The topological polar surface area (TPSA) is 40.2 Å². The zero-order valence-corrected chi connectivity index (χ0v) is 7.86. The van der Waals surface area contributed by atoms with Gasteiger partial charge in [0.2, 0.25) is 0 Å². The van der Waals surface area contributed by atoms with E-state index >= 15 is 0 Å². The molecule has 3 saturated heterocycles. The van der Waals surface area contributed by atoms with Crippen LogP contribution in [0.25, 0.3) is 0 Å². The van der Waals surface area contributed by atoms with Gasteiger partial charge < -0.3 is 18.9 Å². The summed E-state index contributed by atoms with van der Waals surface area (Å²) in [7, 11) is 0. The van der Waals surface area contributed by atoms with E-state index in [9.17, 15) is 0 Å². The van der Waals surface area contributed by atoms with E-state index in [-0.39, 0.29) is 24.4 Å². The molecule has 3 heterocycles. The van der Waals surface area contributed by atoms with Gasteiger partial charge in [0.1, 0.15) is 24.4 Å². The summed E-state index contributed by atoms with van der Waals surface area (Å²) in [5, 5.41) is 0. The molecule has 74 valence electrons. The van der Waals surface area contributed by atoms with Gasteiger partial charge in [-0.3, -0.25) is 0 Å². The fraction of sp³-hybridized carbons (Fsp3) is 1.00. The molecule has 3 rings (SSSR count). The highest BCUT2D eigenvalue weighted by atomic mass is 16.8. The average Bonchev–Trinajstić information content (AvgIpc) is 2.72. The van der Waals surface area contributed by atoms with Gasteiger partial charge in [0.15, 0.2) is 5.79 Å². The first kappa shape index (κ1) is 8.17. The smallest absolute Gasteiger partial charge is 0.164 e. The standard InChI is InChI=1S/C9H14O4/c1-9(2)12-6-4-11-7(5-3-10-5)8(6)13-9/h5-8H,3-4H2,1-2H3/t5-,6-,7+,8+/m0/s1. The van der Waals surface area contributed by atoms with Crippen LogP contribution in [-0.2, 0) is 18.9 Å². The maximum Gasteiger partial charge on any atom is 0.164 e. The first-order valence-electron chi connectivity index (χ1n) is 4.74. The molecule has 0 radical (unpaired) electrons. The van der Waals surface area contributed by atoms with Gasteiger partial charge in [-0.1, -0.05) is 0 Å². The second kappa shape index (κ2) is 2.45. The molecule has 0 aromatic rings. The molecule has 0 aliphatic carbocycles. The van der Waals surface area contributed by atoms with E-state index in [2.05, 4.69) is 0 Å². The molecule has 0 aromatic heterocycles. The van der Waals surface area contributed by atoms with Gasteiger partial charge in [-0.05, 0) is 13.8 Å². The van der Waals surface area contributed by atoms with Crippen LogP contribution in [-0.4, -0.2) is 43.4 Å². The van der Waals surface area contributed by atoms with E-state index in [4.69, 9.17) is 18.9 Å². The third-order valence-electron chi connectivity index (χ3n) is 2.72. The Morgan fingerprint density at radius 2 is 1.69 bits per heavy atom. The predicted octanol–water partition coefficient (Wildman–Crippen LogP) is 0.304. The molecule has 0 saturated carbocycles. The molecule has 0 unspecified atom stereocenters. The van der Waals surface area contributed by atoms with Crippen LogP contribution in [0.15, 0.2) is 0 Å². The molecule has 0 amide bonds. The van der Waals surface area contributed by atoms with Crippen molar-refractivity contribution in [2.24, 2.45) is 0 Å². The van der Waals surface area contributed by atoms with Crippen molar-refractivity contribution in [1.82, 2.24) is 0 Å². The van der Waals surface area contributed by atoms with Crippen LogP contribution in [0, 0.1) is 0 Å². The van der Waals surface area contributed by atoms with Gasteiger partial charge >= 0.3 is 0 Å². The van der Waals surface area contributed by atoms with E-state index in [0.29, 0.717) is 6.61 Å². The Balaban J connectivity index is 1.76. The first-order valence-corrected chi connectivity index (χ1v) is 4.74. The molecular weight excluding hydrogens is 172 g/mol. The molecule has 4 heteroatoms. The summed E-state index contributed by atoms with van der Waals surface area (Å²) in [5.74, 6) is -0.452. The summed E-state index contributed by atoms with van der Waals surface area (Å²) in [6, 6.07) is 0. The Hall–Kier alpha value is -0.160. The van der Waals surface area contributed by atoms with E-state index in [1.54, 1.807) is 0 Å². The Bertz CT molecular complexity index is 224. The number of ether oxygens (including phenoxy) is 4. The summed E-state index contributed by atoms with van der Waals surface area (Å²) >= 11 is 0.